The maximum absolute atomic E-state index is 6.01. The number of ether oxygens (including phenoxy) is 1. The Bertz CT molecular complexity index is 576. The molecule has 0 aliphatic carbocycles. The van der Waals surface area contributed by atoms with Gasteiger partial charge in [-0.1, -0.05) is 23.7 Å². The van der Waals surface area contributed by atoms with Crippen molar-refractivity contribution in [2.24, 2.45) is 5.73 Å². The molecule has 1 fully saturated rings. The Morgan fingerprint density at radius 2 is 1.95 bits per heavy atom. The van der Waals surface area contributed by atoms with Gasteiger partial charge in [-0.15, -0.1) is 11.3 Å². The van der Waals surface area contributed by atoms with Crippen molar-refractivity contribution in [2.45, 2.75) is 24.8 Å². The Morgan fingerprint density at radius 3 is 2.55 bits per heavy atom. The zero-order valence-electron chi connectivity index (χ0n) is 11.1. The van der Waals surface area contributed by atoms with Crippen LogP contribution in [0.5, 0.6) is 0 Å². The van der Waals surface area contributed by atoms with Crippen LogP contribution >= 0.6 is 22.9 Å². The summed E-state index contributed by atoms with van der Waals surface area (Å²) in [6, 6.07) is 8.12. The molecule has 0 bridgehead atoms. The lowest BCUT2D eigenvalue weighted by atomic mass is 9.74. The van der Waals surface area contributed by atoms with Crippen LogP contribution in [0.25, 0.3) is 0 Å². The molecular weight excluding hydrogens is 292 g/mol. The van der Waals surface area contributed by atoms with Gasteiger partial charge in [-0.25, -0.2) is 4.98 Å². The fourth-order valence-corrected chi connectivity index (χ4v) is 3.98. The highest BCUT2D eigenvalue weighted by Crippen LogP contribution is 2.42. The van der Waals surface area contributed by atoms with Crippen molar-refractivity contribution in [3.63, 3.8) is 0 Å². The third kappa shape index (κ3) is 2.49. The summed E-state index contributed by atoms with van der Waals surface area (Å²) < 4.78 is 5.55. The van der Waals surface area contributed by atoms with Crippen LogP contribution in [0.4, 0.5) is 0 Å². The predicted molar refractivity (Wildman–Crippen MR) is 82.3 cm³/mol. The fraction of sp³-hybridized carbons (Fsp3) is 0.400. The minimum atomic E-state index is -0.0546. The first-order valence-corrected chi connectivity index (χ1v) is 7.99. The minimum Gasteiger partial charge on any atom is -0.381 e. The highest BCUT2D eigenvalue weighted by Gasteiger charge is 2.38. The number of hydrogen-bond donors (Lipinski definition) is 1. The highest BCUT2D eigenvalue weighted by molar-refractivity contribution is 7.09. The third-order valence-electron chi connectivity index (χ3n) is 3.91. The van der Waals surface area contributed by atoms with Gasteiger partial charge in [-0.2, -0.15) is 0 Å². The summed E-state index contributed by atoms with van der Waals surface area (Å²) in [6.07, 6.45) is 1.90. The topological polar surface area (TPSA) is 48.1 Å². The second-order valence-corrected chi connectivity index (χ2v) is 6.34. The lowest BCUT2D eigenvalue weighted by molar-refractivity contribution is 0.0630. The zero-order chi connectivity index (χ0) is 14.0. The van der Waals surface area contributed by atoms with E-state index >= 15 is 0 Å². The summed E-state index contributed by atoms with van der Waals surface area (Å²) in [7, 11) is 0. The largest absolute Gasteiger partial charge is 0.381 e. The quantitative estimate of drug-likeness (QED) is 0.946. The van der Waals surface area contributed by atoms with Crippen molar-refractivity contribution in [3.8, 4) is 0 Å². The first-order chi connectivity index (χ1) is 9.74. The smallest absolute Gasteiger partial charge is 0.104 e. The molecule has 1 aliphatic rings. The second kappa shape index (κ2) is 5.82. The third-order valence-corrected chi connectivity index (χ3v) is 5.26. The standard InChI is InChI=1S/C15H17ClN2OS/c16-12-3-1-11(2-4-12)15(5-7-19-8-6-15)14-18-13(9-17)10-20-14/h1-4,10H,5-9,17H2. The first kappa shape index (κ1) is 14.0. The van der Waals surface area contributed by atoms with E-state index in [0.29, 0.717) is 6.54 Å². The van der Waals surface area contributed by atoms with Gasteiger partial charge in [0.1, 0.15) is 5.01 Å². The van der Waals surface area contributed by atoms with E-state index in [1.165, 1.54) is 5.56 Å². The molecule has 3 rings (SSSR count). The summed E-state index contributed by atoms with van der Waals surface area (Å²) in [5.41, 5.74) is 7.87. The summed E-state index contributed by atoms with van der Waals surface area (Å²) in [5, 5.41) is 3.96. The maximum Gasteiger partial charge on any atom is 0.104 e. The first-order valence-electron chi connectivity index (χ1n) is 6.73. The number of nitrogens with two attached hydrogens (primary N) is 1. The number of thiazole rings is 1. The maximum atomic E-state index is 6.01. The van der Waals surface area contributed by atoms with Crippen LogP contribution in [0.3, 0.4) is 0 Å². The number of rotatable bonds is 3. The lowest BCUT2D eigenvalue weighted by Crippen LogP contribution is -2.35. The fourth-order valence-electron chi connectivity index (χ4n) is 2.74. The van der Waals surface area contributed by atoms with Crippen LogP contribution in [0.2, 0.25) is 5.02 Å². The normalized spacial score (nSPS) is 18.1. The van der Waals surface area contributed by atoms with Crippen LogP contribution in [0, 0.1) is 0 Å². The van der Waals surface area contributed by atoms with E-state index in [9.17, 15) is 0 Å². The van der Waals surface area contributed by atoms with E-state index in [0.717, 1.165) is 41.8 Å². The van der Waals surface area contributed by atoms with Gasteiger partial charge in [-0.05, 0) is 30.5 Å². The Morgan fingerprint density at radius 1 is 1.25 bits per heavy atom. The lowest BCUT2D eigenvalue weighted by Gasteiger charge is -2.36. The molecule has 1 aliphatic heterocycles. The summed E-state index contributed by atoms with van der Waals surface area (Å²) >= 11 is 7.71. The van der Waals surface area contributed by atoms with E-state index in [1.807, 2.05) is 12.1 Å². The van der Waals surface area contributed by atoms with Gasteiger partial charge >= 0.3 is 0 Å². The number of hydrogen-bond acceptors (Lipinski definition) is 4. The predicted octanol–water partition coefficient (Wildman–Crippen LogP) is 3.35. The minimum absolute atomic E-state index is 0.0546. The van der Waals surface area contributed by atoms with E-state index in [2.05, 4.69) is 17.5 Å². The Hall–Kier alpha value is -0.940. The summed E-state index contributed by atoms with van der Waals surface area (Å²) in [5.74, 6) is 0. The average molecular weight is 309 g/mol. The van der Waals surface area contributed by atoms with Crippen LogP contribution < -0.4 is 5.73 Å². The van der Waals surface area contributed by atoms with Crippen molar-refractivity contribution < 1.29 is 4.74 Å². The molecule has 0 saturated carbocycles. The molecule has 106 valence electrons. The molecule has 5 heteroatoms. The molecule has 1 aromatic carbocycles. The van der Waals surface area contributed by atoms with Gasteiger partial charge in [0, 0.05) is 30.2 Å². The van der Waals surface area contributed by atoms with Crippen molar-refractivity contribution in [2.75, 3.05) is 13.2 Å². The van der Waals surface area contributed by atoms with Crippen molar-refractivity contribution in [3.05, 3.63) is 50.9 Å². The highest BCUT2D eigenvalue weighted by atomic mass is 35.5. The Kier molecular flexibility index (Phi) is 4.08. The van der Waals surface area contributed by atoms with Gasteiger partial charge < -0.3 is 10.5 Å². The molecular formula is C15H17ClN2OS. The molecule has 0 amide bonds. The number of nitrogens with zero attached hydrogens (tertiary/aromatic N) is 1. The monoisotopic (exact) mass is 308 g/mol. The molecule has 1 saturated heterocycles. The Balaban J connectivity index is 2.05. The number of benzene rings is 1. The molecule has 3 nitrogen and oxygen atoms in total. The van der Waals surface area contributed by atoms with Crippen LogP contribution in [-0.4, -0.2) is 18.2 Å². The van der Waals surface area contributed by atoms with Gasteiger partial charge in [0.05, 0.1) is 11.1 Å². The molecule has 1 aromatic heterocycles. The van der Waals surface area contributed by atoms with E-state index in [4.69, 9.17) is 27.1 Å². The molecule has 20 heavy (non-hydrogen) atoms. The zero-order valence-corrected chi connectivity index (χ0v) is 12.7. The molecule has 2 heterocycles. The van der Waals surface area contributed by atoms with Crippen molar-refractivity contribution >= 4 is 22.9 Å². The Labute approximate surface area is 127 Å². The molecule has 0 atom stereocenters. The second-order valence-electron chi connectivity index (χ2n) is 5.05. The van der Waals surface area contributed by atoms with E-state index in [-0.39, 0.29) is 5.41 Å². The van der Waals surface area contributed by atoms with Crippen molar-refractivity contribution in [1.29, 1.82) is 0 Å². The van der Waals surface area contributed by atoms with E-state index < -0.39 is 0 Å². The van der Waals surface area contributed by atoms with Gasteiger partial charge in [0.15, 0.2) is 0 Å². The summed E-state index contributed by atoms with van der Waals surface area (Å²) in [4.78, 5) is 4.73. The van der Waals surface area contributed by atoms with Crippen molar-refractivity contribution in [1.82, 2.24) is 4.98 Å². The van der Waals surface area contributed by atoms with Gasteiger partial charge in [-0.3, -0.25) is 0 Å². The van der Waals surface area contributed by atoms with Crippen LogP contribution in [0.1, 0.15) is 29.1 Å². The SMILES string of the molecule is NCc1csc(C2(c3ccc(Cl)cc3)CCOCC2)n1. The average Bonchev–Trinajstić information content (AvgIpc) is 2.98. The number of halogens is 1. The van der Waals surface area contributed by atoms with Gasteiger partial charge in [0.25, 0.3) is 0 Å². The van der Waals surface area contributed by atoms with E-state index in [1.54, 1.807) is 11.3 Å². The van der Waals surface area contributed by atoms with Crippen LogP contribution in [0.15, 0.2) is 29.6 Å². The molecule has 0 unspecified atom stereocenters. The van der Waals surface area contributed by atoms with Crippen LogP contribution in [-0.2, 0) is 16.7 Å². The molecule has 0 spiro atoms. The van der Waals surface area contributed by atoms with Gasteiger partial charge in [0.2, 0.25) is 0 Å². The molecule has 2 aromatic rings. The number of aromatic nitrogens is 1. The molecule has 0 radical (unpaired) electrons. The summed E-state index contributed by atoms with van der Waals surface area (Å²) in [6.45, 7) is 2.02. The molecule has 2 N–H and O–H groups in total.